The van der Waals surface area contributed by atoms with Crippen molar-refractivity contribution in [2.45, 2.75) is 6.42 Å². The summed E-state index contributed by atoms with van der Waals surface area (Å²) in [6.45, 7) is 0. The van der Waals surface area contributed by atoms with Crippen LogP contribution < -0.4 is 0 Å². The molecule has 2 aromatic heterocycles. The number of aromatic nitrogens is 4. The van der Waals surface area contributed by atoms with Crippen LogP contribution in [0.15, 0.2) is 60.8 Å². The molecule has 2 aromatic carbocycles. The number of hydrogen-bond acceptors (Lipinski definition) is 3. The molecular weight excluding hydrogens is 272 g/mol. The lowest BCUT2D eigenvalue weighted by molar-refractivity contribution is 0.816. The predicted molar refractivity (Wildman–Crippen MR) is 84.9 cm³/mol. The summed E-state index contributed by atoms with van der Waals surface area (Å²) in [6, 6.07) is 18.5. The molecule has 1 aliphatic carbocycles. The normalized spacial score (nSPS) is 12.4. The average molecular weight is 284 g/mol. The third-order valence-corrected chi connectivity index (χ3v) is 4.26. The van der Waals surface area contributed by atoms with E-state index in [0.717, 1.165) is 28.8 Å². The fourth-order valence-electron chi connectivity index (χ4n) is 3.25. The first-order chi connectivity index (χ1) is 10.9. The van der Waals surface area contributed by atoms with Gasteiger partial charge in [-0.15, -0.1) is 5.10 Å². The van der Waals surface area contributed by atoms with Gasteiger partial charge in [0.1, 0.15) is 5.52 Å². The highest BCUT2D eigenvalue weighted by Gasteiger charge is 2.23. The molecule has 4 nitrogen and oxygen atoms in total. The Morgan fingerprint density at radius 3 is 2.77 bits per heavy atom. The molecule has 22 heavy (non-hydrogen) atoms. The van der Waals surface area contributed by atoms with Crippen LogP contribution in [0.25, 0.3) is 27.8 Å². The van der Waals surface area contributed by atoms with Gasteiger partial charge >= 0.3 is 0 Å². The van der Waals surface area contributed by atoms with Gasteiger partial charge in [-0.2, -0.15) is 0 Å². The average Bonchev–Trinajstić information content (AvgIpc) is 3.16. The van der Waals surface area contributed by atoms with E-state index in [4.69, 9.17) is 0 Å². The lowest BCUT2D eigenvalue weighted by atomic mass is 10.1. The van der Waals surface area contributed by atoms with Gasteiger partial charge in [0.2, 0.25) is 0 Å². The molecule has 0 aliphatic heterocycles. The molecule has 0 spiro atoms. The van der Waals surface area contributed by atoms with Gasteiger partial charge in [0, 0.05) is 18.2 Å². The topological polar surface area (TPSA) is 43.6 Å². The fraction of sp³-hybridized carbons (Fsp3) is 0.0556. The Morgan fingerprint density at radius 2 is 1.77 bits per heavy atom. The first-order valence-corrected chi connectivity index (χ1v) is 7.29. The third-order valence-electron chi connectivity index (χ3n) is 4.26. The van der Waals surface area contributed by atoms with Gasteiger partial charge < -0.3 is 0 Å². The van der Waals surface area contributed by atoms with Crippen LogP contribution in [0, 0.1) is 0 Å². The molecule has 5 rings (SSSR count). The molecule has 0 unspecified atom stereocenters. The maximum atomic E-state index is 4.51. The van der Waals surface area contributed by atoms with Crippen molar-refractivity contribution >= 4 is 11.0 Å². The van der Waals surface area contributed by atoms with E-state index in [2.05, 4.69) is 45.6 Å². The minimum Gasteiger partial charge on any atom is -0.260 e. The summed E-state index contributed by atoms with van der Waals surface area (Å²) >= 11 is 0. The van der Waals surface area contributed by atoms with Gasteiger partial charge in [-0.25, -0.2) is 4.68 Å². The maximum absolute atomic E-state index is 4.51. The number of nitrogens with zero attached hydrogens (tertiary/aromatic N) is 4. The molecule has 0 saturated carbocycles. The smallest absolute Gasteiger partial charge is 0.113 e. The van der Waals surface area contributed by atoms with Crippen LogP contribution in [0.5, 0.6) is 0 Å². The molecule has 0 fully saturated rings. The molecule has 104 valence electrons. The highest BCUT2D eigenvalue weighted by molar-refractivity contribution is 5.81. The lowest BCUT2D eigenvalue weighted by Crippen LogP contribution is -2.01. The van der Waals surface area contributed by atoms with E-state index in [1.807, 2.05) is 35.1 Å². The van der Waals surface area contributed by atoms with Crippen molar-refractivity contribution in [3.8, 4) is 16.8 Å². The van der Waals surface area contributed by atoms with Crippen LogP contribution in [0.4, 0.5) is 0 Å². The number of rotatable bonds is 1. The summed E-state index contributed by atoms with van der Waals surface area (Å²) in [7, 11) is 0. The second-order valence-corrected chi connectivity index (χ2v) is 5.47. The van der Waals surface area contributed by atoms with Gasteiger partial charge in [-0.1, -0.05) is 35.5 Å². The first-order valence-electron chi connectivity index (χ1n) is 7.29. The van der Waals surface area contributed by atoms with Gasteiger partial charge in [-0.05, 0) is 35.4 Å². The predicted octanol–water partition coefficient (Wildman–Crippen LogP) is 3.39. The summed E-state index contributed by atoms with van der Waals surface area (Å²) in [5.41, 5.74) is 7.91. The van der Waals surface area contributed by atoms with Crippen LogP contribution in [0.1, 0.15) is 11.3 Å². The summed E-state index contributed by atoms with van der Waals surface area (Å²) in [4.78, 5) is 4.51. The van der Waals surface area contributed by atoms with Gasteiger partial charge in [0.25, 0.3) is 0 Å². The third kappa shape index (κ3) is 1.49. The quantitative estimate of drug-likeness (QED) is 0.474. The van der Waals surface area contributed by atoms with E-state index < -0.39 is 0 Å². The van der Waals surface area contributed by atoms with Crippen LogP contribution in [-0.2, 0) is 6.42 Å². The van der Waals surface area contributed by atoms with Crippen LogP contribution >= 0.6 is 0 Å². The Kier molecular flexibility index (Phi) is 2.24. The number of benzene rings is 2. The zero-order valence-electron chi connectivity index (χ0n) is 11.8. The fourth-order valence-corrected chi connectivity index (χ4v) is 3.25. The van der Waals surface area contributed by atoms with E-state index in [9.17, 15) is 0 Å². The van der Waals surface area contributed by atoms with E-state index in [1.165, 1.54) is 16.7 Å². The van der Waals surface area contributed by atoms with Crippen LogP contribution in [0.2, 0.25) is 0 Å². The molecule has 0 bridgehead atoms. The highest BCUT2D eigenvalue weighted by atomic mass is 15.4. The lowest BCUT2D eigenvalue weighted by Gasteiger charge is -2.08. The number of hydrogen-bond donors (Lipinski definition) is 0. The Balaban J connectivity index is 1.79. The molecule has 0 radical (unpaired) electrons. The Labute approximate surface area is 127 Å². The summed E-state index contributed by atoms with van der Waals surface area (Å²) in [6.07, 6.45) is 2.70. The summed E-state index contributed by atoms with van der Waals surface area (Å²) in [5.74, 6) is 0. The Bertz CT molecular complexity index is 1020. The molecule has 2 heterocycles. The van der Waals surface area contributed by atoms with Crippen LogP contribution in [0.3, 0.4) is 0 Å². The molecule has 4 heteroatoms. The van der Waals surface area contributed by atoms with Gasteiger partial charge in [-0.3, -0.25) is 4.98 Å². The molecule has 0 amide bonds. The standard InChI is InChI=1S/C18H12N4/c1-2-8-18-15(7-1)20-21-22(18)17-9-3-5-12-13-6-4-10-19-16(13)11-14(12)17/h1-10H,11H2. The summed E-state index contributed by atoms with van der Waals surface area (Å²) in [5, 5.41) is 8.62. The minimum absolute atomic E-state index is 0.843. The van der Waals surface area contributed by atoms with Crippen molar-refractivity contribution in [2.75, 3.05) is 0 Å². The second-order valence-electron chi connectivity index (χ2n) is 5.47. The minimum atomic E-state index is 0.843. The van der Waals surface area contributed by atoms with E-state index in [-0.39, 0.29) is 0 Å². The first kappa shape index (κ1) is 11.6. The van der Waals surface area contributed by atoms with Gasteiger partial charge in [0.15, 0.2) is 0 Å². The van der Waals surface area contributed by atoms with Crippen molar-refractivity contribution in [1.82, 2.24) is 20.0 Å². The SMILES string of the molecule is c1cnc2c(c1)-c1cccc(-n3nnc4ccccc43)c1C2. The maximum Gasteiger partial charge on any atom is 0.113 e. The number of fused-ring (bicyclic) bond motifs is 4. The van der Waals surface area contributed by atoms with E-state index >= 15 is 0 Å². The largest absolute Gasteiger partial charge is 0.260 e. The zero-order valence-corrected chi connectivity index (χ0v) is 11.8. The molecule has 0 atom stereocenters. The van der Waals surface area contributed by atoms with E-state index in [1.54, 1.807) is 0 Å². The molecular formula is C18H12N4. The zero-order chi connectivity index (χ0) is 14.5. The molecule has 4 aromatic rings. The molecule has 0 N–H and O–H groups in total. The van der Waals surface area contributed by atoms with Crippen molar-refractivity contribution in [3.05, 3.63) is 72.1 Å². The molecule has 1 aliphatic rings. The van der Waals surface area contributed by atoms with Crippen LogP contribution in [-0.4, -0.2) is 20.0 Å². The molecule has 0 saturated heterocycles. The van der Waals surface area contributed by atoms with E-state index in [0.29, 0.717) is 0 Å². The number of para-hydroxylation sites is 1. The summed E-state index contributed by atoms with van der Waals surface area (Å²) < 4.78 is 1.93. The Morgan fingerprint density at radius 1 is 0.864 bits per heavy atom. The van der Waals surface area contributed by atoms with Crippen molar-refractivity contribution in [1.29, 1.82) is 0 Å². The van der Waals surface area contributed by atoms with Gasteiger partial charge in [0.05, 0.1) is 16.9 Å². The second kappa shape index (κ2) is 4.24. The van der Waals surface area contributed by atoms with Crippen molar-refractivity contribution < 1.29 is 0 Å². The number of pyridine rings is 1. The monoisotopic (exact) mass is 284 g/mol. The Hall–Kier alpha value is -3.01. The highest BCUT2D eigenvalue weighted by Crippen LogP contribution is 2.38. The van der Waals surface area contributed by atoms with Crippen molar-refractivity contribution in [2.24, 2.45) is 0 Å². The van der Waals surface area contributed by atoms with Crippen molar-refractivity contribution in [3.63, 3.8) is 0 Å².